The van der Waals surface area contributed by atoms with Crippen molar-refractivity contribution >= 4 is 23.1 Å². The molecule has 6 nitrogen and oxygen atoms in total. The average molecular weight is 422 g/mol. The Hall–Kier alpha value is -3.65. The molecule has 0 saturated heterocycles. The normalized spacial score (nSPS) is 10.7. The monoisotopic (exact) mass is 422 g/mol. The number of thiophene rings is 1. The maximum Gasteiger partial charge on any atom is 0.311 e. The van der Waals surface area contributed by atoms with E-state index in [9.17, 15) is 14.0 Å². The lowest BCUT2D eigenvalue weighted by atomic mass is 10.0. The number of aromatic nitrogens is 2. The fourth-order valence-corrected chi connectivity index (χ4v) is 3.33. The largest absolute Gasteiger partial charge is 0.427 e. The van der Waals surface area contributed by atoms with E-state index in [-0.39, 0.29) is 18.6 Å². The van der Waals surface area contributed by atoms with E-state index in [4.69, 9.17) is 9.26 Å². The second-order valence-corrected chi connectivity index (χ2v) is 7.14. The molecule has 0 aliphatic carbocycles. The Kier molecular flexibility index (Phi) is 5.76. The van der Waals surface area contributed by atoms with Gasteiger partial charge in [0.2, 0.25) is 11.7 Å². The van der Waals surface area contributed by atoms with Crippen LogP contribution in [0.5, 0.6) is 5.75 Å². The number of ketones is 1. The molecule has 30 heavy (non-hydrogen) atoms. The SMILES string of the molecule is O=C(CCc1nc(-c2ccsc2)no1)Oc1ccc(C(=O)c2ccc(F)cc2)cc1. The lowest BCUT2D eigenvalue weighted by Gasteiger charge is -2.05. The average Bonchev–Trinajstić information content (AvgIpc) is 3.45. The molecule has 0 radical (unpaired) electrons. The summed E-state index contributed by atoms with van der Waals surface area (Å²) in [6.45, 7) is 0. The van der Waals surface area contributed by atoms with Crippen molar-refractivity contribution in [2.45, 2.75) is 12.8 Å². The van der Waals surface area contributed by atoms with Crippen molar-refractivity contribution in [3.05, 3.63) is 88.2 Å². The highest BCUT2D eigenvalue weighted by molar-refractivity contribution is 7.08. The molecule has 0 aliphatic rings. The van der Waals surface area contributed by atoms with Gasteiger partial charge in [-0.05, 0) is 60.0 Å². The molecular weight excluding hydrogens is 407 g/mol. The minimum Gasteiger partial charge on any atom is -0.427 e. The number of esters is 1. The van der Waals surface area contributed by atoms with Gasteiger partial charge in [-0.15, -0.1) is 0 Å². The number of nitrogens with zero attached hydrogens (tertiary/aromatic N) is 2. The van der Waals surface area contributed by atoms with E-state index in [1.165, 1.54) is 47.7 Å². The fraction of sp³-hybridized carbons (Fsp3) is 0.0909. The van der Waals surface area contributed by atoms with Gasteiger partial charge in [0.05, 0.1) is 6.42 Å². The van der Waals surface area contributed by atoms with E-state index < -0.39 is 11.8 Å². The topological polar surface area (TPSA) is 82.3 Å². The summed E-state index contributed by atoms with van der Waals surface area (Å²) in [4.78, 5) is 28.7. The highest BCUT2D eigenvalue weighted by atomic mass is 32.1. The molecule has 0 unspecified atom stereocenters. The van der Waals surface area contributed by atoms with Crippen LogP contribution in [0.25, 0.3) is 11.4 Å². The summed E-state index contributed by atoms with van der Waals surface area (Å²) in [7, 11) is 0. The smallest absolute Gasteiger partial charge is 0.311 e. The standard InChI is InChI=1S/C22H15FN2O4S/c23-17-5-1-14(2-6-17)21(27)15-3-7-18(8-4-15)28-20(26)10-9-19-24-22(25-29-19)16-11-12-30-13-16/h1-8,11-13H,9-10H2. The molecule has 0 spiro atoms. The minimum absolute atomic E-state index is 0.0710. The Bertz CT molecular complexity index is 1150. The molecule has 0 N–H and O–H groups in total. The van der Waals surface area contributed by atoms with Crippen LogP contribution in [-0.4, -0.2) is 21.9 Å². The zero-order chi connectivity index (χ0) is 20.9. The second-order valence-electron chi connectivity index (χ2n) is 6.36. The molecule has 0 saturated carbocycles. The van der Waals surface area contributed by atoms with Gasteiger partial charge in [0, 0.05) is 28.5 Å². The summed E-state index contributed by atoms with van der Waals surface area (Å²) in [6, 6.07) is 13.4. The zero-order valence-corrected chi connectivity index (χ0v) is 16.4. The van der Waals surface area contributed by atoms with Gasteiger partial charge < -0.3 is 9.26 Å². The predicted molar refractivity (Wildman–Crippen MR) is 108 cm³/mol. The number of hydrogen-bond donors (Lipinski definition) is 0. The van der Waals surface area contributed by atoms with E-state index >= 15 is 0 Å². The van der Waals surface area contributed by atoms with Crippen molar-refractivity contribution in [1.82, 2.24) is 10.1 Å². The number of benzene rings is 2. The number of carbonyl (C=O) groups is 2. The maximum absolute atomic E-state index is 13.0. The van der Waals surface area contributed by atoms with Crippen LogP contribution in [0.1, 0.15) is 28.2 Å². The Morgan fingerprint density at radius 1 is 1.00 bits per heavy atom. The van der Waals surface area contributed by atoms with Crippen LogP contribution >= 0.6 is 11.3 Å². The van der Waals surface area contributed by atoms with E-state index in [0.29, 0.717) is 28.6 Å². The number of halogens is 1. The van der Waals surface area contributed by atoms with Crippen molar-refractivity contribution in [3.8, 4) is 17.1 Å². The van der Waals surface area contributed by atoms with Crippen LogP contribution in [-0.2, 0) is 11.2 Å². The molecule has 4 rings (SSSR count). The molecule has 0 aliphatic heterocycles. The van der Waals surface area contributed by atoms with Gasteiger partial charge in [0.1, 0.15) is 11.6 Å². The molecule has 0 atom stereocenters. The molecule has 4 aromatic rings. The molecular formula is C22H15FN2O4S. The first-order chi connectivity index (χ1) is 14.6. The second kappa shape index (κ2) is 8.79. The number of ether oxygens (including phenoxy) is 1. The molecule has 150 valence electrons. The first-order valence-electron chi connectivity index (χ1n) is 9.04. The van der Waals surface area contributed by atoms with E-state index in [1.54, 1.807) is 12.1 Å². The highest BCUT2D eigenvalue weighted by Gasteiger charge is 2.13. The predicted octanol–water partition coefficient (Wildman–Crippen LogP) is 4.71. The van der Waals surface area contributed by atoms with Gasteiger partial charge in [-0.3, -0.25) is 9.59 Å². The Morgan fingerprint density at radius 2 is 1.70 bits per heavy atom. The molecule has 2 heterocycles. The Balaban J connectivity index is 1.31. The summed E-state index contributed by atoms with van der Waals surface area (Å²) >= 11 is 1.53. The Labute approximate surface area is 174 Å². The molecule has 8 heteroatoms. The Morgan fingerprint density at radius 3 is 2.37 bits per heavy atom. The number of hydrogen-bond acceptors (Lipinski definition) is 7. The van der Waals surface area contributed by atoms with Crippen LogP contribution < -0.4 is 4.74 Å². The van der Waals surface area contributed by atoms with Crippen LogP contribution in [0.4, 0.5) is 4.39 Å². The van der Waals surface area contributed by atoms with Crippen LogP contribution in [0.2, 0.25) is 0 Å². The van der Waals surface area contributed by atoms with Crippen molar-refractivity contribution in [1.29, 1.82) is 0 Å². The fourth-order valence-electron chi connectivity index (χ4n) is 2.70. The third-order valence-corrected chi connectivity index (χ3v) is 4.93. The molecule has 0 amide bonds. The third kappa shape index (κ3) is 4.66. The van der Waals surface area contributed by atoms with Crippen molar-refractivity contribution < 1.29 is 23.2 Å². The van der Waals surface area contributed by atoms with Crippen molar-refractivity contribution in [3.63, 3.8) is 0 Å². The first-order valence-corrected chi connectivity index (χ1v) is 9.99. The van der Waals surface area contributed by atoms with Crippen LogP contribution in [0.3, 0.4) is 0 Å². The summed E-state index contributed by atoms with van der Waals surface area (Å²) < 4.78 is 23.4. The van der Waals surface area contributed by atoms with Gasteiger partial charge in [-0.2, -0.15) is 16.3 Å². The zero-order valence-electron chi connectivity index (χ0n) is 15.6. The van der Waals surface area contributed by atoms with Gasteiger partial charge in [-0.1, -0.05) is 5.16 Å². The third-order valence-electron chi connectivity index (χ3n) is 4.25. The minimum atomic E-state index is -0.456. The summed E-state index contributed by atoms with van der Waals surface area (Å²) in [6.07, 6.45) is 0.332. The van der Waals surface area contributed by atoms with Crippen LogP contribution in [0, 0.1) is 5.82 Å². The summed E-state index contributed by atoms with van der Waals surface area (Å²) in [5.41, 5.74) is 1.66. The van der Waals surface area contributed by atoms with Gasteiger partial charge in [0.15, 0.2) is 5.78 Å². The van der Waals surface area contributed by atoms with Crippen LogP contribution in [0.15, 0.2) is 69.9 Å². The van der Waals surface area contributed by atoms with Gasteiger partial charge in [0.25, 0.3) is 0 Å². The highest BCUT2D eigenvalue weighted by Crippen LogP contribution is 2.20. The first kappa shape index (κ1) is 19.7. The van der Waals surface area contributed by atoms with Gasteiger partial charge >= 0.3 is 5.97 Å². The van der Waals surface area contributed by atoms with Crippen molar-refractivity contribution in [2.75, 3.05) is 0 Å². The van der Waals surface area contributed by atoms with E-state index in [2.05, 4.69) is 10.1 Å². The number of aryl methyl sites for hydroxylation is 1. The van der Waals surface area contributed by atoms with E-state index in [1.807, 2.05) is 16.8 Å². The number of rotatable bonds is 7. The maximum atomic E-state index is 13.0. The summed E-state index contributed by atoms with van der Waals surface area (Å²) in [5, 5.41) is 7.72. The lowest BCUT2D eigenvalue weighted by Crippen LogP contribution is -2.09. The summed E-state index contributed by atoms with van der Waals surface area (Å²) in [5.74, 6) is 0.0557. The molecule has 0 bridgehead atoms. The quantitative estimate of drug-likeness (QED) is 0.244. The molecule has 0 fully saturated rings. The molecule has 2 aromatic carbocycles. The van der Waals surface area contributed by atoms with Gasteiger partial charge in [-0.25, -0.2) is 4.39 Å². The van der Waals surface area contributed by atoms with E-state index in [0.717, 1.165) is 5.56 Å². The lowest BCUT2D eigenvalue weighted by molar-refractivity contribution is -0.134. The number of carbonyl (C=O) groups excluding carboxylic acids is 2. The van der Waals surface area contributed by atoms with Crippen molar-refractivity contribution in [2.24, 2.45) is 0 Å². The molecule has 2 aromatic heterocycles.